The maximum Gasteiger partial charge on any atom is 0.342 e. The summed E-state index contributed by atoms with van der Waals surface area (Å²) in [6.45, 7) is 1.58. The van der Waals surface area contributed by atoms with Crippen LogP contribution in [-0.4, -0.2) is 29.8 Å². The van der Waals surface area contributed by atoms with Gasteiger partial charge in [0, 0.05) is 0 Å². The number of nitrogens with two attached hydrogens (primary N) is 1. The Morgan fingerprint density at radius 3 is 2.61 bits per heavy atom. The Morgan fingerprint density at radius 1 is 1.44 bits per heavy atom. The highest BCUT2D eigenvalue weighted by Gasteiger charge is 2.30. The number of alkyl halides is 1. The number of ether oxygens (including phenoxy) is 1. The molecule has 1 aromatic rings. The summed E-state index contributed by atoms with van der Waals surface area (Å²) < 4.78 is 18.2. The number of benzene rings is 1. The van der Waals surface area contributed by atoms with Crippen LogP contribution in [-0.2, 0) is 9.53 Å². The van der Waals surface area contributed by atoms with Crippen molar-refractivity contribution in [2.45, 2.75) is 19.1 Å². The lowest BCUT2D eigenvalue weighted by atomic mass is 9.97. The number of esters is 1. The zero-order valence-electron chi connectivity index (χ0n) is 9.80. The molecule has 0 saturated heterocycles. The van der Waals surface area contributed by atoms with Crippen molar-refractivity contribution < 1.29 is 23.8 Å². The van der Waals surface area contributed by atoms with Crippen molar-refractivity contribution >= 4 is 11.9 Å². The van der Waals surface area contributed by atoms with Gasteiger partial charge < -0.3 is 15.6 Å². The molecule has 1 rings (SSSR count). The van der Waals surface area contributed by atoms with Gasteiger partial charge in [-0.25, -0.2) is 14.0 Å². The molecule has 0 aliphatic rings. The molecule has 0 bridgehead atoms. The molecular weight excluding hydrogens is 241 g/mol. The number of carbonyl (C=O) groups is 2. The fraction of sp³-hybridized carbons (Fsp3) is 0.333. The second-order valence-electron chi connectivity index (χ2n) is 3.57. The molecule has 2 atom stereocenters. The van der Waals surface area contributed by atoms with Gasteiger partial charge in [-0.3, -0.25) is 0 Å². The van der Waals surface area contributed by atoms with E-state index in [0.717, 1.165) is 0 Å². The summed E-state index contributed by atoms with van der Waals surface area (Å²) in [5.41, 5.74) is 5.50. The van der Waals surface area contributed by atoms with Gasteiger partial charge in [0.1, 0.15) is 0 Å². The molecule has 6 heteroatoms. The van der Waals surface area contributed by atoms with E-state index >= 15 is 0 Å². The number of carboxylic acid groups (broad SMARTS) is 1. The van der Waals surface area contributed by atoms with Crippen LogP contribution in [0.4, 0.5) is 4.39 Å². The molecule has 0 fully saturated rings. The topological polar surface area (TPSA) is 89.6 Å². The lowest BCUT2D eigenvalue weighted by Crippen LogP contribution is -2.32. The minimum atomic E-state index is -2.09. The number of hydrogen-bond donors (Lipinski definition) is 2. The molecule has 3 N–H and O–H groups in total. The van der Waals surface area contributed by atoms with E-state index in [1.54, 1.807) is 6.92 Å². The second-order valence-corrected chi connectivity index (χ2v) is 3.57. The minimum Gasteiger partial charge on any atom is -0.478 e. The average Bonchev–Trinajstić information content (AvgIpc) is 2.37. The molecule has 1 aromatic carbocycles. The zero-order chi connectivity index (χ0) is 13.7. The van der Waals surface area contributed by atoms with Gasteiger partial charge >= 0.3 is 11.9 Å². The van der Waals surface area contributed by atoms with Gasteiger partial charge in [0.25, 0.3) is 0 Å². The first-order chi connectivity index (χ1) is 8.49. The van der Waals surface area contributed by atoms with Gasteiger partial charge in [-0.05, 0) is 18.6 Å². The predicted molar refractivity (Wildman–Crippen MR) is 61.9 cm³/mol. The van der Waals surface area contributed by atoms with E-state index in [-0.39, 0.29) is 17.7 Å². The van der Waals surface area contributed by atoms with Crippen LogP contribution < -0.4 is 5.73 Å². The van der Waals surface area contributed by atoms with Gasteiger partial charge in [-0.2, -0.15) is 0 Å². The van der Waals surface area contributed by atoms with Crippen molar-refractivity contribution in [3.8, 4) is 0 Å². The number of hydrogen-bond acceptors (Lipinski definition) is 4. The predicted octanol–water partition coefficient (Wildman–Crippen LogP) is 1.29. The molecule has 0 amide bonds. The van der Waals surface area contributed by atoms with E-state index in [2.05, 4.69) is 4.74 Å². The summed E-state index contributed by atoms with van der Waals surface area (Å²) >= 11 is 0. The van der Waals surface area contributed by atoms with Crippen LogP contribution in [0.1, 0.15) is 28.9 Å². The van der Waals surface area contributed by atoms with Crippen LogP contribution >= 0.6 is 0 Å². The Labute approximate surface area is 103 Å². The van der Waals surface area contributed by atoms with E-state index in [9.17, 15) is 14.0 Å². The zero-order valence-corrected chi connectivity index (χ0v) is 9.80. The van der Waals surface area contributed by atoms with Crippen LogP contribution in [0.25, 0.3) is 0 Å². The third-order valence-electron chi connectivity index (χ3n) is 2.38. The largest absolute Gasteiger partial charge is 0.478 e. The highest BCUT2D eigenvalue weighted by Crippen LogP contribution is 2.22. The van der Waals surface area contributed by atoms with Gasteiger partial charge in [0.15, 0.2) is 0 Å². The quantitative estimate of drug-likeness (QED) is 0.774. The molecule has 1 unspecified atom stereocenters. The monoisotopic (exact) mass is 255 g/mol. The average molecular weight is 255 g/mol. The Kier molecular flexibility index (Phi) is 4.79. The summed E-state index contributed by atoms with van der Waals surface area (Å²) in [7, 11) is 0. The lowest BCUT2D eigenvalue weighted by Gasteiger charge is -2.17. The first-order valence-electron chi connectivity index (χ1n) is 5.37. The summed E-state index contributed by atoms with van der Waals surface area (Å²) in [5, 5.41) is 8.94. The third kappa shape index (κ3) is 3.04. The van der Waals surface area contributed by atoms with E-state index < -0.39 is 24.2 Å². The van der Waals surface area contributed by atoms with Crippen LogP contribution in [0.3, 0.4) is 0 Å². The van der Waals surface area contributed by atoms with Crippen LogP contribution in [0.5, 0.6) is 0 Å². The maximum atomic E-state index is 13.7. The van der Waals surface area contributed by atoms with Crippen molar-refractivity contribution in [1.82, 2.24) is 0 Å². The second kappa shape index (κ2) is 6.11. The first kappa shape index (κ1) is 14.1. The molecule has 18 heavy (non-hydrogen) atoms. The molecule has 98 valence electrons. The minimum absolute atomic E-state index is 0.0343. The Morgan fingerprint density at radius 2 is 2.06 bits per heavy atom. The molecule has 0 saturated carbocycles. The SMILES string of the molecule is CCOC(=O)C(F)[C@@H](N)c1ccccc1C(=O)O. The van der Waals surface area contributed by atoms with Crippen molar-refractivity contribution in [3.05, 3.63) is 35.4 Å². The molecule has 0 heterocycles. The van der Waals surface area contributed by atoms with E-state index in [4.69, 9.17) is 10.8 Å². The van der Waals surface area contributed by atoms with E-state index in [0.29, 0.717) is 0 Å². The molecule has 5 nitrogen and oxygen atoms in total. The van der Waals surface area contributed by atoms with Crippen LogP contribution in [0.15, 0.2) is 24.3 Å². The number of aromatic carboxylic acids is 1. The standard InChI is InChI=1S/C12H14FNO4/c1-2-18-12(17)9(13)10(14)7-5-3-4-6-8(7)11(15)16/h3-6,9-10H,2,14H2,1H3,(H,15,16)/t9?,10-/m0/s1. The third-order valence-corrected chi connectivity index (χ3v) is 2.38. The molecule has 0 spiro atoms. The van der Waals surface area contributed by atoms with Gasteiger partial charge in [-0.1, -0.05) is 18.2 Å². The highest BCUT2D eigenvalue weighted by molar-refractivity contribution is 5.90. The molecular formula is C12H14FNO4. The molecule has 0 aromatic heterocycles. The number of halogens is 1. The Bertz CT molecular complexity index is 449. The fourth-order valence-electron chi connectivity index (χ4n) is 1.51. The Hall–Kier alpha value is -1.95. The maximum absolute atomic E-state index is 13.7. The summed E-state index contributed by atoms with van der Waals surface area (Å²) in [5.74, 6) is -2.32. The smallest absolute Gasteiger partial charge is 0.342 e. The van der Waals surface area contributed by atoms with Crippen LogP contribution in [0, 0.1) is 0 Å². The van der Waals surface area contributed by atoms with Crippen molar-refractivity contribution in [3.63, 3.8) is 0 Å². The normalized spacial score (nSPS) is 13.7. The Balaban J connectivity index is 2.99. The van der Waals surface area contributed by atoms with Gasteiger partial charge in [0.2, 0.25) is 6.17 Å². The number of carbonyl (C=O) groups excluding carboxylic acids is 1. The van der Waals surface area contributed by atoms with Crippen molar-refractivity contribution in [1.29, 1.82) is 0 Å². The van der Waals surface area contributed by atoms with Crippen molar-refractivity contribution in [2.75, 3.05) is 6.61 Å². The number of rotatable bonds is 5. The van der Waals surface area contributed by atoms with Crippen LogP contribution in [0.2, 0.25) is 0 Å². The fourth-order valence-corrected chi connectivity index (χ4v) is 1.51. The highest BCUT2D eigenvalue weighted by atomic mass is 19.1. The molecule has 0 radical (unpaired) electrons. The summed E-state index contributed by atoms with van der Waals surface area (Å²) in [4.78, 5) is 22.2. The summed E-state index contributed by atoms with van der Waals surface area (Å²) in [6.07, 6.45) is -2.09. The molecule has 0 aliphatic carbocycles. The lowest BCUT2D eigenvalue weighted by molar-refractivity contribution is -0.149. The van der Waals surface area contributed by atoms with Gasteiger partial charge in [0.05, 0.1) is 18.2 Å². The van der Waals surface area contributed by atoms with Crippen molar-refractivity contribution in [2.24, 2.45) is 5.73 Å². The van der Waals surface area contributed by atoms with E-state index in [1.807, 2.05) is 0 Å². The van der Waals surface area contributed by atoms with Gasteiger partial charge in [-0.15, -0.1) is 0 Å². The first-order valence-corrected chi connectivity index (χ1v) is 5.37. The van der Waals surface area contributed by atoms with E-state index in [1.165, 1.54) is 24.3 Å². The molecule has 0 aliphatic heterocycles. The number of carboxylic acids is 1. The summed E-state index contributed by atoms with van der Waals surface area (Å²) in [6, 6.07) is 4.34.